The molecule has 1 N–H and O–H groups in total. The lowest BCUT2D eigenvalue weighted by atomic mass is 9.96. The fourth-order valence-corrected chi connectivity index (χ4v) is 4.78. The highest BCUT2D eigenvalue weighted by atomic mass is 19.1. The average molecular weight is 479 g/mol. The van der Waals surface area contributed by atoms with E-state index in [9.17, 15) is 19.1 Å². The zero-order chi connectivity index (χ0) is 25.3. The molecule has 2 aromatic heterocycles. The van der Waals surface area contributed by atoms with Crippen molar-refractivity contribution in [2.24, 2.45) is 0 Å². The lowest BCUT2D eigenvalue weighted by Gasteiger charge is -2.26. The van der Waals surface area contributed by atoms with Gasteiger partial charge in [0.15, 0.2) is 5.76 Å². The normalized spacial score (nSPS) is 17.8. The number of carbonyl (C=O) groups is 2. The van der Waals surface area contributed by atoms with Crippen LogP contribution < -0.4 is 0 Å². The van der Waals surface area contributed by atoms with Gasteiger partial charge in [0.2, 0.25) is 0 Å². The number of likely N-dealkylation sites (tertiary alicyclic amines) is 1. The maximum absolute atomic E-state index is 13.7. The minimum absolute atomic E-state index is 0.0198. The number of imidazole rings is 1. The van der Waals surface area contributed by atoms with Gasteiger partial charge in [-0.05, 0) is 69.2 Å². The minimum Gasteiger partial charge on any atom is -0.505 e. The molecule has 7 nitrogen and oxygen atoms in total. The van der Waals surface area contributed by atoms with Crippen LogP contribution in [-0.4, -0.2) is 62.2 Å². The van der Waals surface area contributed by atoms with Crippen molar-refractivity contribution in [1.29, 1.82) is 0 Å². The van der Waals surface area contributed by atoms with Crippen molar-refractivity contribution in [3.63, 3.8) is 0 Å². The van der Waals surface area contributed by atoms with E-state index in [1.54, 1.807) is 12.1 Å². The Morgan fingerprint density at radius 2 is 1.80 bits per heavy atom. The van der Waals surface area contributed by atoms with E-state index >= 15 is 0 Å². The predicted octanol–water partition coefficient (Wildman–Crippen LogP) is 4.24. The van der Waals surface area contributed by atoms with E-state index < -0.39 is 23.5 Å². The number of rotatable bonds is 8. The van der Waals surface area contributed by atoms with Crippen molar-refractivity contribution in [2.45, 2.75) is 40.2 Å². The number of ketones is 1. The van der Waals surface area contributed by atoms with Crippen LogP contribution in [0.15, 0.2) is 48.2 Å². The van der Waals surface area contributed by atoms with E-state index in [0.29, 0.717) is 29.9 Å². The Bertz CT molecular complexity index is 1290. The number of carbonyl (C=O) groups excluding carboxylic acids is 2. The van der Waals surface area contributed by atoms with Crippen molar-refractivity contribution in [3.05, 3.63) is 76.5 Å². The smallest absolute Gasteiger partial charge is 0.295 e. The Kier molecular flexibility index (Phi) is 7.03. The Hall–Kier alpha value is -3.52. The van der Waals surface area contributed by atoms with Gasteiger partial charge < -0.3 is 19.3 Å². The SMILES string of the molecule is CCN(CC)CCCN1C(=O)C(=O)/C(=C(/O)c2nc3c(C)cccn3c2C)C1c1ccc(F)cc1. The van der Waals surface area contributed by atoms with Crippen molar-refractivity contribution in [1.82, 2.24) is 19.2 Å². The number of amides is 1. The van der Waals surface area contributed by atoms with E-state index in [-0.39, 0.29) is 17.0 Å². The third-order valence-corrected chi connectivity index (χ3v) is 6.80. The molecule has 1 aromatic carbocycles. The van der Waals surface area contributed by atoms with Crippen molar-refractivity contribution in [3.8, 4) is 0 Å². The van der Waals surface area contributed by atoms with Crippen LogP contribution in [0.5, 0.6) is 0 Å². The zero-order valence-electron chi connectivity index (χ0n) is 20.6. The molecule has 4 rings (SSSR count). The Morgan fingerprint density at radius 1 is 1.11 bits per heavy atom. The average Bonchev–Trinajstić information content (AvgIpc) is 3.32. The van der Waals surface area contributed by atoms with Gasteiger partial charge in [-0.3, -0.25) is 9.59 Å². The number of Topliss-reactive ketones (excluding diaryl/α,β-unsaturated/α-hetero) is 1. The number of hydrogen-bond acceptors (Lipinski definition) is 5. The van der Waals surface area contributed by atoms with Gasteiger partial charge in [0.05, 0.1) is 17.3 Å². The predicted molar refractivity (Wildman–Crippen MR) is 132 cm³/mol. The van der Waals surface area contributed by atoms with Crippen LogP contribution in [0.3, 0.4) is 0 Å². The number of nitrogens with zero attached hydrogens (tertiary/aromatic N) is 4. The molecule has 1 aliphatic heterocycles. The molecule has 1 aliphatic rings. The maximum atomic E-state index is 13.7. The standard InChI is InChI=1S/C27H31FN4O3/c1-5-30(6-2)14-8-16-32-23(19-10-12-20(28)13-11-19)21(25(34)27(32)35)24(33)22-18(4)31-15-7-9-17(3)26(31)29-22/h7,9-13,15,23,33H,5-6,8,14,16H2,1-4H3/b24-21+. The summed E-state index contributed by atoms with van der Waals surface area (Å²) in [4.78, 5) is 34.7. The van der Waals surface area contributed by atoms with Gasteiger partial charge in [-0.2, -0.15) is 0 Å². The summed E-state index contributed by atoms with van der Waals surface area (Å²) in [5, 5.41) is 11.4. The molecule has 1 unspecified atom stereocenters. The second kappa shape index (κ2) is 10.00. The number of halogens is 1. The molecule has 0 bridgehead atoms. The highest BCUT2D eigenvalue weighted by Crippen LogP contribution is 2.40. The lowest BCUT2D eigenvalue weighted by molar-refractivity contribution is -0.140. The summed E-state index contributed by atoms with van der Waals surface area (Å²) in [6.45, 7) is 10.8. The van der Waals surface area contributed by atoms with Crippen LogP contribution in [0, 0.1) is 19.7 Å². The quantitative estimate of drug-likeness (QED) is 0.298. The highest BCUT2D eigenvalue weighted by Gasteiger charge is 2.46. The molecule has 1 amide bonds. The second-order valence-electron chi connectivity index (χ2n) is 8.86. The van der Waals surface area contributed by atoms with Crippen molar-refractivity contribution < 1.29 is 19.1 Å². The molecular weight excluding hydrogens is 447 g/mol. The molecule has 1 saturated heterocycles. The first-order valence-corrected chi connectivity index (χ1v) is 12.0. The van der Waals surface area contributed by atoms with E-state index in [2.05, 4.69) is 23.7 Å². The summed E-state index contributed by atoms with van der Waals surface area (Å²) >= 11 is 0. The van der Waals surface area contributed by atoms with Crippen LogP contribution in [0.2, 0.25) is 0 Å². The molecule has 184 valence electrons. The van der Waals surface area contributed by atoms with Crippen molar-refractivity contribution in [2.75, 3.05) is 26.2 Å². The summed E-state index contributed by atoms with van der Waals surface area (Å²) in [5.74, 6) is -2.16. The first kappa shape index (κ1) is 24.6. The van der Waals surface area contributed by atoms with Crippen LogP contribution in [-0.2, 0) is 9.59 Å². The van der Waals surface area contributed by atoms with Crippen LogP contribution in [0.4, 0.5) is 4.39 Å². The molecule has 1 fully saturated rings. The van der Waals surface area contributed by atoms with Gasteiger partial charge in [0.1, 0.15) is 17.2 Å². The van der Waals surface area contributed by atoms with Crippen LogP contribution in [0.25, 0.3) is 11.4 Å². The van der Waals surface area contributed by atoms with E-state index in [4.69, 9.17) is 0 Å². The number of fused-ring (bicyclic) bond motifs is 1. The van der Waals surface area contributed by atoms with E-state index in [1.165, 1.54) is 17.0 Å². The number of hydrogen-bond donors (Lipinski definition) is 1. The number of aliphatic hydroxyl groups excluding tert-OH is 1. The van der Waals surface area contributed by atoms with Gasteiger partial charge >= 0.3 is 0 Å². The molecule has 0 spiro atoms. The van der Waals surface area contributed by atoms with Gasteiger partial charge in [-0.1, -0.05) is 32.0 Å². The summed E-state index contributed by atoms with van der Waals surface area (Å²) in [7, 11) is 0. The molecule has 0 radical (unpaired) electrons. The molecule has 0 saturated carbocycles. The molecule has 8 heteroatoms. The fraction of sp³-hybridized carbons (Fsp3) is 0.370. The summed E-state index contributed by atoms with van der Waals surface area (Å²) in [6.07, 6.45) is 2.50. The molecule has 0 aliphatic carbocycles. The molecule has 35 heavy (non-hydrogen) atoms. The topological polar surface area (TPSA) is 78.2 Å². The minimum atomic E-state index is -0.822. The highest BCUT2D eigenvalue weighted by molar-refractivity contribution is 6.46. The number of pyridine rings is 1. The monoisotopic (exact) mass is 478 g/mol. The summed E-state index contributed by atoms with van der Waals surface area (Å²) < 4.78 is 15.5. The van der Waals surface area contributed by atoms with Crippen LogP contribution in [0.1, 0.15) is 48.8 Å². The van der Waals surface area contributed by atoms with Gasteiger partial charge in [0.25, 0.3) is 11.7 Å². The van der Waals surface area contributed by atoms with Crippen LogP contribution >= 0.6 is 0 Å². The fourth-order valence-electron chi connectivity index (χ4n) is 4.78. The number of aromatic nitrogens is 2. The Labute approximate surface area is 204 Å². The van der Waals surface area contributed by atoms with Gasteiger partial charge in [0, 0.05) is 12.7 Å². The number of aryl methyl sites for hydroxylation is 2. The molecule has 3 aromatic rings. The Morgan fingerprint density at radius 3 is 2.43 bits per heavy atom. The van der Waals surface area contributed by atoms with E-state index in [1.807, 2.05) is 36.6 Å². The summed E-state index contributed by atoms with van der Waals surface area (Å²) in [6, 6.07) is 8.68. The maximum Gasteiger partial charge on any atom is 0.295 e. The van der Waals surface area contributed by atoms with E-state index in [0.717, 1.165) is 25.2 Å². The zero-order valence-corrected chi connectivity index (χ0v) is 20.6. The number of aliphatic hydroxyl groups is 1. The largest absolute Gasteiger partial charge is 0.505 e. The summed E-state index contributed by atoms with van der Waals surface area (Å²) in [5.41, 5.74) is 3.04. The first-order valence-electron chi connectivity index (χ1n) is 12.0. The molecule has 1 atom stereocenters. The first-order chi connectivity index (χ1) is 16.8. The Balaban J connectivity index is 1.81. The molecule has 3 heterocycles. The second-order valence-corrected chi connectivity index (χ2v) is 8.86. The van der Waals surface area contributed by atoms with Gasteiger partial charge in [-0.25, -0.2) is 9.37 Å². The van der Waals surface area contributed by atoms with Crippen molar-refractivity contribution >= 4 is 23.1 Å². The number of benzene rings is 1. The molecular formula is C27H31FN4O3. The third kappa shape index (κ3) is 4.46. The lowest BCUT2D eigenvalue weighted by Crippen LogP contribution is -2.33. The third-order valence-electron chi connectivity index (χ3n) is 6.80. The van der Waals surface area contributed by atoms with Gasteiger partial charge in [-0.15, -0.1) is 0 Å².